The van der Waals surface area contributed by atoms with Gasteiger partial charge in [0.2, 0.25) is 0 Å². The summed E-state index contributed by atoms with van der Waals surface area (Å²) in [5.74, 6) is 0.783. The van der Waals surface area contributed by atoms with Crippen LogP contribution in [-0.2, 0) is 11.8 Å². The van der Waals surface area contributed by atoms with Gasteiger partial charge >= 0.3 is 0 Å². The van der Waals surface area contributed by atoms with Crippen LogP contribution in [0.2, 0.25) is 0 Å². The highest BCUT2D eigenvalue weighted by atomic mass is 15.0. The van der Waals surface area contributed by atoms with Gasteiger partial charge in [0, 0.05) is 17.5 Å². The molecule has 2 atom stereocenters. The van der Waals surface area contributed by atoms with Crippen LogP contribution in [0.3, 0.4) is 0 Å². The van der Waals surface area contributed by atoms with E-state index in [4.69, 9.17) is 5.73 Å². The number of rotatable bonds is 3. The Labute approximate surface area is 115 Å². The van der Waals surface area contributed by atoms with Gasteiger partial charge in [-0.1, -0.05) is 23.8 Å². The maximum Gasteiger partial charge on any atom is 0.0176 e. The number of hydrogen-bond acceptors (Lipinski definition) is 2. The van der Waals surface area contributed by atoms with Crippen molar-refractivity contribution < 1.29 is 0 Å². The van der Waals surface area contributed by atoms with Crippen molar-refractivity contribution in [1.82, 2.24) is 5.32 Å². The monoisotopic (exact) mass is 256 g/mol. The number of nitrogens with one attached hydrogen (secondary N) is 1. The molecule has 3 N–H and O–H groups in total. The number of fused-ring (bicyclic) bond motifs is 2. The van der Waals surface area contributed by atoms with Crippen LogP contribution in [0.4, 0.5) is 0 Å². The molecule has 3 aliphatic rings. The fourth-order valence-corrected chi connectivity index (χ4v) is 4.31. The number of hydrogen-bond donors (Lipinski definition) is 2. The quantitative estimate of drug-likeness (QED) is 0.870. The maximum atomic E-state index is 5.71. The summed E-state index contributed by atoms with van der Waals surface area (Å²) in [6.45, 7) is 3.09. The molecule has 2 heteroatoms. The van der Waals surface area contributed by atoms with Crippen LogP contribution in [0.5, 0.6) is 0 Å². The van der Waals surface area contributed by atoms with E-state index in [0.29, 0.717) is 5.41 Å². The maximum absolute atomic E-state index is 5.71. The summed E-state index contributed by atoms with van der Waals surface area (Å²) in [4.78, 5) is 0. The first-order chi connectivity index (χ1) is 9.21. The van der Waals surface area contributed by atoms with Crippen LogP contribution < -0.4 is 11.1 Å². The summed E-state index contributed by atoms with van der Waals surface area (Å²) in [5.41, 5.74) is 10.9. The fourth-order valence-electron chi connectivity index (χ4n) is 4.31. The number of nitrogens with two attached hydrogens (primary N) is 1. The zero-order valence-electron chi connectivity index (χ0n) is 11.8. The van der Waals surface area contributed by atoms with Crippen molar-refractivity contribution in [2.45, 2.75) is 56.5 Å². The normalized spacial score (nSPS) is 39.2. The van der Waals surface area contributed by atoms with Crippen LogP contribution in [0, 0.1) is 12.8 Å². The zero-order chi connectivity index (χ0) is 13.0. The molecule has 19 heavy (non-hydrogen) atoms. The molecule has 0 radical (unpaired) electrons. The van der Waals surface area contributed by atoms with Crippen molar-refractivity contribution >= 4 is 0 Å². The minimum absolute atomic E-state index is 0.495. The predicted molar refractivity (Wildman–Crippen MR) is 78.3 cm³/mol. The average molecular weight is 256 g/mol. The SMILES string of the molecule is Cc1ccc2c(c1)C1(CC2)CC1NC1CC(CN)C1. The lowest BCUT2D eigenvalue weighted by Gasteiger charge is -2.36. The van der Waals surface area contributed by atoms with Crippen LogP contribution in [0.25, 0.3) is 0 Å². The smallest absolute Gasteiger partial charge is 0.0176 e. The summed E-state index contributed by atoms with van der Waals surface area (Å²) in [7, 11) is 0. The van der Waals surface area contributed by atoms with Gasteiger partial charge in [0.15, 0.2) is 0 Å². The molecule has 0 bridgehead atoms. The van der Waals surface area contributed by atoms with Crippen molar-refractivity contribution in [3.63, 3.8) is 0 Å². The Bertz CT molecular complexity index is 504. The van der Waals surface area contributed by atoms with E-state index in [1.54, 1.807) is 11.1 Å². The second-order valence-electron chi connectivity index (χ2n) is 7.01. The molecule has 2 fully saturated rings. The van der Waals surface area contributed by atoms with Crippen molar-refractivity contribution in [2.75, 3.05) is 6.54 Å². The van der Waals surface area contributed by atoms with E-state index >= 15 is 0 Å². The fraction of sp³-hybridized carbons (Fsp3) is 0.647. The third kappa shape index (κ3) is 1.77. The minimum atomic E-state index is 0.495. The average Bonchev–Trinajstić information content (AvgIpc) is 2.94. The Kier molecular flexibility index (Phi) is 2.55. The summed E-state index contributed by atoms with van der Waals surface area (Å²) in [6.07, 6.45) is 6.58. The first kappa shape index (κ1) is 11.9. The van der Waals surface area contributed by atoms with Gasteiger partial charge in [-0.2, -0.15) is 0 Å². The summed E-state index contributed by atoms with van der Waals surface area (Å²) < 4.78 is 0. The lowest BCUT2D eigenvalue weighted by Crippen LogP contribution is -2.46. The van der Waals surface area contributed by atoms with E-state index in [2.05, 4.69) is 30.4 Å². The summed E-state index contributed by atoms with van der Waals surface area (Å²) in [5, 5.41) is 3.89. The van der Waals surface area contributed by atoms with Gasteiger partial charge in [0.25, 0.3) is 0 Å². The third-order valence-electron chi connectivity index (χ3n) is 5.72. The number of benzene rings is 1. The van der Waals surface area contributed by atoms with Crippen molar-refractivity contribution in [2.24, 2.45) is 11.7 Å². The molecule has 3 aliphatic carbocycles. The van der Waals surface area contributed by atoms with Gasteiger partial charge in [-0.25, -0.2) is 0 Å². The van der Waals surface area contributed by atoms with E-state index in [0.717, 1.165) is 24.5 Å². The van der Waals surface area contributed by atoms with Gasteiger partial charge in [-0.15, -0.1) is 0 Å². The molecule has 1 aromatic carbocycles. The van der Waals surface area contributed by atoms with Crippen molar-refractivity contribution in [1.29, 1.82) is 0 Å². The first-order valence-electron chi connectivity index (χ1n) is 7.77. The molecule has 102 valence electrons. The van der Waals surface area contributed by atoms with Gasteiger partial charge in [-0.05, 0) is 62.6 Å². The van der Waals surface area contributed by atoms with Crippen LogP contribution in [0.1, 0.15) is 42.4 Å². The van der Waals surface area contributed by atoms with E-state index in [-0.39, 0.29) is 0 Å². The largest absolute Gasteiger partial charge is 0.330 e. The zero-order valence-corrected chi connectivity index (χ0v) is 11.8. The molecule has 0 aliphatic heterocycles. The van der Waals surface area contributed by atoms with Crippen LogP contribution in [0.15, 0.2) is 18.2 Å². The Morgan fingerprint density at radius 2 is 2.21 bits per heavy atom. The molecule has 1 spiro atoms. The highest BCUT2D eigenvalue weighted by Crippen LogP contribution is 2.57. The molecule has 4 rings (SSSR count). The van der Waals surface area contributed by atoms with Gasteiger partial charge in [0.05, 0.1) is 0 Å². The molecular formula is C17H24N2. The van der Waals surface area contributed by atoms with E-state index in [9.17, 15) is 0 Å². The molecule has 2 saturated carbocycles. The summed E-state index contributed by atoms with van der Waals surface area (Å²) >= 11 is 0. The molecule has 0 saturated heterocycles. The summed E-state index contributed by atoms with van der Waals surface area (Å²) in [6, 6.07) is 8.53. The molecule has 1 aromatic rings. The topological polar surface area (TPSA) is 38.0 Å². The molecule has 0 amide bonds. The van der Waals surface area contributed by atoms with Crippen molar-refractivity contribution in [3.8, 4) is 0 Å². The Morgan fingerprint density at radius 1 is 1.37 bits per heavy atom. The van der Waals surface area contributed by atoms with E-state index < -0.39 is 0 Å². The minimum Gasteiger partial charge on any atom is -0.330 e. The van der Waals surface area contributed by atoms with Crippen LogP contribution >= 0.6 is 0 Å². The molecule has 2 unspecified atom stereocenters. The van der Waals surface area contributed by atoms with Crippen LogP contribution in [-0.4, -0.2) is 18.6 Å². The van der Waals surface area contributed by atoms with Crippen molar-refractivity contribution in [3.05, 3.63) is 34.9 Å². The Hall–Kier alpha value is -0.860. The number of aryl methyl sites for hydroxylation is 2. The lowest BCUT2D eigenvalue weighted by molar-refractivity contribution is 0.223. The third-order valence-corrected chi connectivity index (χ3v) is 5.72. The lowest BCUT2D eigenvalue weighted by atomic mass is 9.80. The highest BCUT2D eigenvalue weighted by Gasteiger charge is 2.58. The predicted octanol–water partition coefficient (Wildman–Crippen LogP) is 2.28. The molecular weight excluding hydrogens is 232 g/mol. The highest BCUT2D eigenvalue weighted by molar-refractivity contribution is 5.48. The second-order valence-corrected chi connectivity index (χ2v) is 7.01. The van der Waals surface area contributed by atoms with E-state index in [1.165, 1.54) is 37.7 Å². The van der Waals surface area contributed by atoms with Gasteiger partial charge in [-0.3, -0.25) is 0 Å². The first-order valence-corrected chi connectivity index (χ1v) is 7.77. The van der Waals surface area contributed by atoms with Gasteiger partial charge < -0.3 is 11.1 Å². The Morgan fingerprint density at radius 3 is 3.00 bits per heavy atom. The standard InChI is InChI=1S/C17H24N2/c1-11-2-3-13-4-5-17(15(13)6-11)9-16(17)19-14-7-12(8-14)10-18/h2-3,6,12,14,16,19H,4-5,7-10,18H2,1H3. The molecule has 0 heterocycles. The Balaban J connectivity index is 1.46. The van der Waals surface area contributed by atoms with E-state index in [1.807, 2.05) is 0 Å². The van der Waals surface area contributed by atoms with Gasteiger partial charge in [0.1, 0.15) is 0 Å². The molecule has 2 nitrogen and oxygen atoms in total. The molecule has 0 aromatic heterocycles. The second kappa shape index (κ2) is 4.07.